The first-order chi connectivity index (χ1) is 17.3. The Bertz CT molecular complexity index is 1310. The molecule has 2 fully saturated rings. The minimum atomic E-state index is -3.01. The highest BCUT2D eigenvalue weighted by Crippen LogP contribution is 2.61. The Morgan fingerprint density at radius 1 is 1.00 bits per heavy atom. The van der Waals surface area contributed by atoms with Gasteiger partial charge in [0.05, 0.1) is 11.5 Å². The van der Waals surface area contributed by atoms with Crippen LogP contribution in [0.2, 0.25) is 0 Å². The molecule has 0 aliphatic carbocycles. The van der Waals surface area contributed by atoms with E-state index in [1.165, 1.54) is 12.1 Å². The number of nitro groups is 1. The predicted octanol–water partition coefficient (Wildman–Crippen LogP) is 4.92. The van der Waals surface area contributed by atoms with Crippen molar-refractivity contribution in [3.8, 4) is 11.5 Å². The van der Waals surface area contributed by atoms with Gasteiger partial charge in [0.15, 0.2) is 0 Å². The number of hydrogen-bond acceptors (Lipinski definition) is 6. The molecule has 10 nitrogen and oxygen atoms in total. The lowest BCUT2D eigenvalue weighted by atomic mass is 10.1. The van der Waals surface area contributed by atoms with Gasteiger partial charge in [0, 0.05) is 50.5 Å². The Hall–Kier alpha value is -3.56. The second-order valence-electron chi connectivity index (χ2n) is 8.56. The van der Waals surface area contributed by atoms with E-state index in [0.717, 1.165) is 31.9 Å². The number of ether oxygens (including phenoxy) is 1. The second kappa shape index (κ2) is 9.83. The summed E-state index contributed by atoms with van der Waals surface area (Å²) in [5.74, 6) is 0.184. The minimum absolute atomic E-state index is 0.0369. The smallest absolute Gasteiger partial charge is 0.346 e. The molecule has 0 N–H and O–H groups in total. The fourth-order valence-corrected chi connectivity index (χ4v) is 5.92. The normalized spacial score (nSPS) is 15.4. The molecule has 0 aromatic heterocycles. The molecule has 2 heterocycles. The first kappa shape index (κ1) is 24.1. The molecule has 3 aromatic rings. The van der Waals surface area contributed by atoms with E-state index in [0.29, 0.717) is 16.9 Å². The third kappa shape index (κ3) is 5.17. The number of amides is 1. The van der Waals surface area contributed by atoms with E-state index < -0.39 is 12.6 Å². The quantitative estimate of drug-likeness (QED) is 0.165. The number of rotatable bonds is 10. The van der Waals surface area contributed by atoms with Crippen molar-refractivity contribution in [1.82, 2.24) is 9.34 Å². The molecule has 2 aliphatic heterocycles. The molecule has 0 spiro atoms. The summed E-state index contributed by atoms with van der Waals surface area (Å²) in [5, 5.41) is 11.6. The van der Waals surface area contributed by atoms with Crippen LogP contribution in [0, 0.1) is 10.1 Å². The van der Waals surface area contributed by atoms with Crippen molar-refractivity contribution in [2.75, 3.05) is 38.1 Å². The summed E-state index contributed by atoms with van der Waals surface area (Å²) in [6.07, 6.45) is 0. The Labute approximate surface area is 208 Å². The van der Waals surface area contributed by atoms with Crippen molar-refractivity contribution in [2.24, 2.45) is 0 Å². The summed E-state index contributed by atoms with van der Waals surface area (Å²) in [5.41, 5.74) is 1.61. The Balaban J connectivity index is 1.30. The molecule has 2 aliphatic rings. The minimum Gasteiger partial charge on any atom is -0.450 e. The van der Waals surface area contributed by atoms with Crippen LogP contribution >= 0.6 is 7.67 Å². The van der Waals surface area contributed by atoms with Gasteiger partial charge in [0.1, 0.15) is 5.75 Å². The van der Waals surface area contributed by atoms with E-state index in [4.69, 9.17) is 9.26 Å². The van der Waals surface area contributed by atoms with Gasteiger partial charge in [-0.15, -0.1) is 0 Å². The molecule has 1 amide bonds. The topological polar surface area (TPSA) is 105 Å². The lowest BCUT2D eigenvalue weighted by Crippen LogP contribution is -2.25. The van der Waals surface area contributed by atoms with E-state index in [-0.39, 0.29) is 24.0 Å². The van der Waals surface area contributed by atoms with Crippen LogP contribution in [-0.4, -0.2) is 53.4 Å². The van der Waals surface area contributed by atoms with Crippen LogP contribution in [-0.2, 0) is 15.7 Å². The largest absolute Gasteiger partial charge is 0.450 e. The molecule has 11 heteroatoms. The van der Waals surface area contributed by atoms with Gasteiger partial charge in [-0.05, 0) is 54.1 Å². The average Bonchev–Trinajstić information content (AvgIpc) is 3.79. The number of benzene rings is 3. The van der Waals surface area contributed by atoms with Gasteiger partial charge in [0.2, 0.25) is 5.75 Å². The molecule has 5 rings (SSSR count). The molecule has 0 unspecified atom stereocenters. The van der Waals surface area contributed by atoms with Crippen LogP contribution in [0.3, 0.4) is 0 Å². The lowest BCUT2D eigenvalue weighted by molar-refractivity contribution is -0.385. The van der Waals surface area contributed by atoms with E-state index in [1.807, 2.05) is 30.3 Å². The number of hydrogen-bond donors (Lipinski definition) is 0. The second-order valence-corrected chi connectivity index (χ2v) is 10.9. The third-order valence-electron chi connectivity index (χ3n) is 5.96. The Morgan fingerprint density at radius 3 is 2.22 bits per heavy atom. The van der Waals surface area contributed by atoms with Crippen LogP contribution in [0.5, 0.6) is 11.5 Å². The number of carbonyl (C=O) groups is 1. The molecular weight excluding hydrogens is 483 g/mol. The van der Waals surface area contributed by atoms with Crippen LogP contribution in [0.25, 0.3) is 0 Å². The monoisotopic (exact) mass is 508 g/mol. The van der Waals surface area contributed by atoms with Gasteiger partial charge >= 0.3 is 13.4 Å². The molecule has 0 radical (unpaired) electrons. The standard InChI is InChI=1S/C25H25N4O6P/c1-26(21-5-3-2-4-6-21)25(30)20-8-10-22(11-9-20)35-24-17-19(7-12-23(24)29(31)32)18-34-36(33,27-13-14-27)28-15-16-28/h2-12,17H,13-16,18H2,1H3. The Kier molecular flexibility index (Phi) is 6.59. The molecule has 0 bridgehead atoms. The highest BCUT2D eigenvalue weighted by Gasteiger charge is 2.49. The van der Waals surface area contributed by atoms with Gasteiger partial charge in [-0.25, -0.2) is 9.34 Å². The van der Waals surface area contributed by atoms with E-state index in [9.17, 15) is 19.5 Å². The number of nitro benzene ring substituents is 1. The summed E-state index contributed by atoms with van der Waals surface area (Å²) >= 11 is 0. The highest BCUT2D eigenvalue weighted by molar-refractivity contribution is 7.54. The fraction of sp³-hybridized carbons (Fsp3) is 0.240. The summed E-state index contributed by atoms with van der Waals surface area (Å²) in [6.45, 7) is 2.99. The zero-order chi connectivity index (χ0) is 25.3. The van der Waals surface area contributed by atoms with Crippen LogP contribution in [0.15, 0.2) is 72.8 Å². The van der Waals surface area contributed by atoms with Crippen molar-refractivity contribution >= 4 is 25.0 Å². The predicted molar refractivity (Wildman–Crippen MR) is 134 cm³/mol. The first-order valence-corrected chi connectivity index (χ1v) is 13.0. The van der Waals surface area contributed by atoms with Crippen LogP contribution in [0.1, 0.15) is 15.9 Å². The molecule has 0 saturated carbocycles. The van der Waals surface area contributed by atoms with E-state index in [2.05, 4.69) is 0 Å². The van der Waals surface area contributed by atoms with Crippen LogP contribution < -0.4 is 9.64 Å². The van der Waals surface area contributed by atoms with Crippen molar-refractivity contribution in [3.05, 3.63) is 94.0 Å². The maximum atomic E-state index is 13.1. The maximum absolute atomic E-state index is 13.1. The summed E-state index contributed by atoms with van der Waals surface area (Å²) in [6, 6.07) is 20.1. The number of para-hydroxylation sites is 1. The average molecular weight is 508 g/mol. The molecular formula is C25H25N4O6P. The molecule has 0 atom stereocenters. The maximum Gasteiger partial charge on any atom is 0.346 e. The van der Waals surface area contributed by atoms with Crippen molar-refractivity contribution < 1.29 is 23.5 Å². The van der Waals surface area contributed by atoms with E-state index in [1.54, 1.807) is 51.6 Å². The zero-order valence-corrected chi connectivity index (χ0v) is 20.5. The molecule has 186 valence electrons. The van der Waals surface area contributed by atoms with Crippen molar-refractivity contribution in [2.45, 2.75) is 6.61 Å². The third-order valence-corrected chi connectivity index (χ3v) is 8.65. The molecule has 2 saturated heterocycles. The van der Waals surface area contributed by atoms with Gasteiger partial charge in [-0.2, -0.15) is 0 Å². The summed E-state index contributed by atoms with van der Waals surface area (Å²) in [4.78, 5) is 25.4. The van der Waals surface area contributed by atoms with Crippen LogP contribution in [0.4, 0.5) is 11.4 Å². The SMILES string of the molecule is CN(C(=O)c1ccc(Oc2cc(COP(=O)(N3CC3)N3CC3)ccc2[N+](=O)[O-])cc1)c1ccccc1. The van der Waals surface area contributed by atoms with Crippen molar-refractivity contribution in [1.29, 1.82) is 0 Å². The molecule has 36 heavy (non-hydrogen) atoms. The van der Waals surface area contributed by atoms with Gasteiger partial charge in [0.25, 0.3) is 5.91 Å². The highest BCUT2D eigenvalue weighted by atomic mass is 31.2. The zero-order valence-electron chi connectivity index (χ0n) is 19.6. The lowest BCUT2D eigenvalue weighted by Gasteiger charge is -2.20. The number of nitrogens with zero attached hydrogens (tertiary/aromatic N) is 4. The first-order valence-electron chi connectivity index (χ1n) is 11.5. The van der Waals surface area contributed by atoms with Gasteiger partial charge < -0.3 is 14.2 Å². The van der Waals surface area contributed by atoms with Gasteiger partial charge in [-0.1, -0.05) is 18.2 Å². The number of anilines is 1. The van der Waals surface area contributed by atoms with E-state index >= 15 is 0 Å². The summed E-state index contributed by atoms with van der Waals surface area (Å²) in [7, 11) is -1.32. The van der Waals surface area contributed by atoms with Crippen molar-refractivity contribution in [3.63, 3.8) is 0 Å². The summed E-state index contributed by atoms with van der Waals surface area (Å²) < 4.78 is 28.4. The fourth-order valence-electron chi connectivity index (χ4n) is 3.73. The Morgan fingerprint density at radius 2 is 1.64 bits per heavy atom. The molecule has 3 aromatic carbocycles. The van der Waals surface area contributed by atoms with Gasteiger partial charge in [-0.3, -0.25) is 19.5 Å². The number of carbonyl (C=O) groups excluding carboxylic acids is 1.